The Labute approximate surface area is 176 Å². The van der Waals surface area contributed by atoms with E-state index in [0.29, 0.717) is 5.95 Å². The number of aryl methyl sites for hydroxylation is 1. The molecular weight excluding hydrogens is 372 g/mol. The van der Waals surface area contributed by atoms with Crippen molar-refractivity contribution in [2.45, 2.75) is 6.92 Å². The highest BCUT2D eigenvalue weighted by Gasteiger charge is 2.08. The molecule has 0 spiro atoms. The molecule has 4 rings (SSSR count). The van der Waals surface area contributed by atoms with Crippen LogP contribution >= 0.6 is 0 Å². The van der Waals surface area contributed by atoms with Gasteiger partial charge in [0.1, 0.15) is 5.75 Å². The Hall–Kier alpha value is -3.99. The van der Waals surface area contributed by atoms with Crippen molar-refractivity contribution in [3.8, 4) is 28.3 Å². The molecule has 0 saturated heterocycles. The summed E-state index contributed by atoms with van der Waals surface area (Å²) >= 11 is 0. The van der Waals surface area contributed by atoms with E-state index in [2.05, 4.69) is 51.7 Å². The Bertz CT molecular complexity index is 1140. The van der Waals surface area contributed by atoms with Crippen molar-refractivity contribution in [1.82, 2.24) is 9.97 Å². The van der Waals surface area contributed by atoms with Gasteiger partial charge in [-0.3, -0.25) is 0 Å². The second kappa shape index (κ2) is 9.01. The largest absolute Gasteiger partial charge is 0.497 e. The summed E-state index contributed by atoms with van der Waals surface area (Å²) < 4.78 is 5.18. The van der Waals surface area contributed by atoms with Gasteiger partial charge in [-0.25, -0.2) is 15.4 Å². The first-order chi connectivity index (χ1) is 14.7. The topological polar surface area (TPSA) is 59.4 Å². The molecule has 1 aromatic heterocycles. The highest BCUT2D eigenvalue weighted by Crippen LogP contribution is 2.25. The van der Waals surface area contributed by atoms with Gasteiger partial charge in [-0.05, 0) is 42.8 Å². The van der Waals surface area contributed by atoms with Gasteiger partial charge in [0.15, 0.2) is 0 Å². The molecule has 4 aromatic rings. The molecule has 148 valence electrons. The summed E-state index contributed by atoms with van der Waals surface area (Å²) in [5, 5.41) is 4.31. The quantitative estimate of drug-likeness (QED) is 0.343. The summed E-state index contributed by atoms with van der Waals surface area (Å²) in [6.45, 7) is 2.07. The van der Waals surface area contributed by atoms with Crippen molar-refractivity contribution in [1.29, 1.82) is 0 Å². The maximum absolute atomic E-state index is 5.18. The van der Waals surface area contributed by atoms with Crippen molar-refractivity contribution < 1.29 is 4.74 Å². The third kappa shape index (κ3) is 4.70. The monoisotopic (exact) mass is 394 g/mol. The van der Waals surface area contributed by atoms with Crippen LogP contribution in [0.3, 0.4) is 0 Å². The molecule has 30 heavy (non-hydrogen) atoms. The zero-order valence-corrected chi connectivity index (χ0v) is 16.9. The van der Waals surface area contributed by atoms with Gasteiger partial charge in [-0.2, -0.15) is 5.10 Å². The van der Waals surface area contributed by atoms with Crippen LogP contribution in [0.25, 0.3) is 22.5 Å². The Kier molecular flexibility index (Phi) is 5.80. The van der Waals surface area contributed by atoms with Crippen LogP contribution in [0.5, 0.6) is 5.75 Å². The minimum atomic E-state index is 0.441. The number of benzene rings is 3. The number of hydrogen-bond acceptors (Lipinski definition) is 5. The molecule has 0 bridgehead atoms. The molecular formula is C25H22N4O. The van der Waals surface area contributed by atoms with E-state index in [1.165, 1.54) is 5.56 Å². The molecule has 0 unspecified atom stereocenters. The van der Waals surface area contributed by atoms with Crippen LogP contribution in [0.1, 0.15) is 11.1 Å². The zero-order chi connectivity index (χ0) is 20.8. The Morgan fingerprint density at radius 3 is 2.07 bits per heavy atom. The van der Waals surface area contributed by atoms with Crippen molar-refractivity contribution in [3.05, 3.63) is 96.1 Å². The highest BCUT2D eigenvalue weighted by molar-refractivity contribution is 5.80. The van der Waals surface area contributed by atoms with E-state index in [1.54, 1.807) is 13.3 Å². The molecule has 0 fully saturated rings. The van der Waals surface area contributed by atoms with Crippen LogP contribution < -0.4 is 10.2 Å². The van der Waals surface area contributed by atoms with Crippen LogP contribution in [0.4, 0.5) is 5.95 Å². The normalized spacial score (nSPS) is 10.9. The molecule has 0 aliphatic rings. The molecule has 1 heterocycles. The molecule has 0 radical (unpaired) electrons. The Morgan fingerprint density at radius 2 is 1.43 bits per heavy atom. The number of anilines is 1. The lowest BCUT2D eigenvalue weighted by Crippen LogP contribution is -2.00. The van der Waals surface area contributed by atoms with E-state index in [9.17, 15) is 0 Å². The van der Waals surface area contributed by atoms with Crippen molar-refractivity contribution >= 4 is 12.2 Å². The third-order valence-corrected chi connectivity index (χ3v) is 4.64. The van der Waals surface area contributed by atoms with E-state index in [1.807, 2.05) is 60.7 Å². The van der Waals surface area contributed by atoms with Crippen molar-refractivity contribution in [2.75, 3.05) is 12.5 Å². The lowest BCUT2D eigenvalue weighted by molar-refractivity contribution is 0.415. The summed E-state index contributed by atoms with van der Waals surface area (Å²) in [5.74, 6) is 1.25. The van der Waals surface area contributed by atoms with E-state index < -0.39 is 0 Å². The minimum absolute atomic E-state index is 0.441. The van der Waals surface area contributed by atoms with Gasteiger partial charge in [-0.15, -0.1) is 0 Å². The van der Waals surface area contributed by atoms with E-state index in [-0.39, 0.29) is 0 Å². The number of rotatable bonds is 6. The number of aromatic nitrogens is 2. The van der Waals surface area contributed by atoms with Gasteiger partial charge in [-0.1, -0.05) is 60.2 Å². The van der Waals surface area contributed by atoms with Crippen LogP contribution in [-0.4, -0.2) is 23.3 Å². The Morgan fingerprint density at radius 1 is 0.800 bits per heavy atom. The summed E-state index contributed by atoms with van der Waals surface area (Å²) in [6.07, 6.45) is 1.73. The summed E-state index contributed by atoms with van der Waals surface area (Å²) in [4.78, 5) is 9.31. The van der Waals surface area contributed by atoms with Gasteiger partial charge in [0.05, 0.1) is 24.7 Å². The van der Waals surface area contributed by atoms with Gasteiger partial charge in [0.2, 0.25) is 5.95 Å². The zero-order valence-electron chi connectivity index (χ0n) is 16.9. The molecule has 0 saturated carbocycles. The van der Waals surface area contributed by atoms with Gasteiger partial charge >= 0.3 is 0 Å². The average molecular weight is 394 g/mol. The first-order valence-corrected chi connectivity index (χ1v) is 9.66. The van der Waals surface area contributed by atoms with Crippen molar-refractivity contribution in [2.24, 2.45) is 5.10 Å². The van der Waals surface area contributed by atoms with Crippen LogP contribution in [0, 0.1) is 6.92 Å². The minimum Gasteiger partial charge on any atom is -0.497 e. The SMILES string of the molecule is COc1ccc(C=NNc2nc(-c3ccccc3)cc(-c3ccc(C)cc3)n2)cc1. The number of hydrogen-bond donors (Lipinski definition) is 1. The van der Waals surface area contributed by atoms with Crippen LogP contribution in [-0.2, 0) is 0 Å². The predicted octanol–water partition coefficient (Wildman–Crippen LogP) is 5.57. The molecule has 0 amide bonds. The van der Waals surface area contributed by atoms with Crippen LogP contribution in [0.2, 0.25) is 0 Å². The first kappa shape index (κ1) is 19.3. The highest BCUT2D eigenvalue weighted by atomic mass is 16.5. The molecule has 5 nitrogen and oxygen atoms in total. The number of methoxy groups -OCH3 is 1. The molecule has 3 aromatic carbocycles. The first-order valence-electron chi connectivity index (χ1n) is 9.66. The lowest BCUT2D eigenvalue weighted by Gasteiger charge is -2.08. The third-order valence-electron chi connectivity index (χ3n) is 4.64. The van der Waals surface area contributed by atoms with Gasteiger partial charge in [0.25, 0.3) is 0 Å². The molecule has 1 N–H and O–H groups in total. The maximum atomic E-state index is 5.18. The fraction of sp³-hybridized carbons (Fsp3) is 0.0800. The van der Waals surface area contributed by atoms with E-state index >= 15 is 0 Å². The average Bonchev–Trinajstić information content (AvgIpc) is 2.80. The number of nitrogens with zero attached hydrogens (tertiary/aromatic N) is 3. The predicted molar refractivity (Wildman–Crippen MR) is 122 cm³/mol. The fourth-order valence-corrected chi connectivity index (χ4v) is 2.98. The van der Waals surface area contributed by atoms with E-state index in [0.717, 1.165) is 33.8 Å². The number of ether oxygens (including phenoxy) is 1. The van der Waals surface area contributed by atoms with Gasteiger partial charge in [0, 0.05) is 11.1 Å². The molecule has 0 aliphatic heterocycles. The summed E-state index contributed by atoms with van der Waals surface area (Å²) in [6, 6.07) is 28.0. The van der Waals surface area contributed by atoms with Crippen LogP contribution in [0.15, 0.2) is 90.0 Å². The summed E-state index contributed by atoms with van der Waals surface area (Å²) in [7, 11) is 1.65. The van der Waals surface area contributed by atoms with Gasteiger partial charge < -0.3 is 4.74 Å². The molecule has 0 aliphatic carbocycles. The fourth-order valence-electron chi connectivity index (χ4n) is 2.98. The van der Waals surface area contributed by atoms with Crippen molar-refractivity contribution in [3.63, 3.8) is 0 Å². The molecule has 5 heteroatoms. The standard InChI is InChI=1S/C25H22N4O/c1-18-8-12-21(13-9-18)24-16-23(20-6-4-3-5-7-20)27-25(28-24)29-26-17-19-10-14-22(30-2)15-11-19/h3-17H,1-2H3,(H,27,28,29). The lowest BCUT2D eigenvalue weighted by atomic mass is 10.1. The second-order valence-electron chi connectivity index (χ2n) is 6.84. The molecule has 0 atom stereocenters. The second-order valence-corrected chi connectivity index (χ2v) is 6.84. The maximum Gasteiger partial charge on any atom is 0.244 e. The smallest absolute Gasteiger partial charge is 0.244 e. The van der Waals surface area contributed by atoms with E-state index in [4.69, 9.17) is 4.74 Å². The summed E-state index contributed by atoms with van der Waals surface area (Å²) in [5.41, 5.74) is 8.85. The number of nitrogens with one attached hydrogen (secondary N) is 1. The Balaban J connectivity index is 1.64. The number of hydrazone groups is 1.